The molecule has 3 rings (SSSR count). The van der Waals surface area contributed by atoms with Crippen LogP contribution in [0.25, 0.3) is 0 Å². The Labute approximate surface area is 113 Å². The molecule has 2 aliphatic heterocycles. The normalized spacial score (nSPS) is 28.5. The molecular weight excluding hydrogens is 264 g/mol. The van der Waals surface area contributed by atoms with Crippen molar-refractivity contribution in [1.82, 2.24) is 19.2 Å². The second-order valence-corrected chi connectivity index (χ2v) is 7.41. The van der Waals surface area contributed by atoms with Gasteiger partial charge in [-0.15, -0.1) is 0 Å². The average Bonchev–Trinajstić information content (AvgIpc) is 2.94. The van der Waals surface area contributed by atoms with Crippen molar-refractivity contribution in [3.8, 4) is 0 Å². The number of aromatic nitrogens is 2. The fraction of sp³-hybridized carbons (Fsp3) is 0.750. The number of nitrogens with zero attached hydrogens (tertiary/aromatic N) is 3. The van der Waals surface area contributed by atoms with Crippen molar-refractivity contribution in [2.45, 2.75) is 30.8 Å². The number of piperidine rings is 1. The molecule has 0 bridgehead atoms. The van der Waals surface area contributed by atoms with Gasteiger partial charge in [-0.25, -0.2) is 13.4 Å². The SMILES string of the molecule is Cc1nc(S(=O)(=O)N2C[C@@H]3CCCN[C@@H]3C2)cn1C. The molecule has 1 aromatic heterocycles. The van der Waals surface area contributed by atoms with Crippen LogP contribution < -0.4 is 5.32 Å². The van der Waals surface area contributed by atoms with Crippen molar-refractivity contribution < 1.29 is 8.42 Å². The lowest BCUT2D eigenvalue weighted by molar-refractivity contribution is 0.339. The lowest BCUT2D eigenvalue weighted by Crippen LogP contribution is -2.41. The van der Waals surface area contributed by atoms with Crippen molar-refractivity contribution in [3.63, 3.8) is 0 Å². The highest BCUT2D eigenvalue weighted by atomic mass is 32.2. The summed E-state index contributed by atoms with van der Waals surface area (Å²) in [5, 5.41) is 3.59. The summed E-state index contributed by atoms with van der Waals surface area (Å²) in [7, 11) is -1.63. The summed E-state index contributed by atoms with van der Waals surface area (Å²) in [6.07, 6.45) is 3.85. The second-order valence-electron chi connectivity index (χ2n) is 5.52. The molecule has 3 heterocycles. The molecule has 0 amide bonds. The number of sulfonamides is 1. The van der Waals surface area contributed by atoms with Gasteiger partial charge >= 0.3 is 0 Å². The highest BCUT2D eigenvalue weighted by Gasteiger charge is 2.40. The monoisotopic (exact) mass is 284 g/mol. The Balaban J connectivity index is 1.85. The molecule has 0 unspecified atom stereocenters. The zero-order valence-electron chi connectivity index (χ0n) is 11.3. The van der Waals surface area contributed by atoms with Gasteiger partial charge in [-0.3, -0.25) is 0 Å². The van der Waals surface area contributed by atoms with E-state index >= 15 is 0 Å². The van der Waals surface area contributed by atoms with E-state index in [2.05, 4.69) is 10.3 Å². The van der Waals surface area contributed by atoms with Crippen LogP contribution in [-0.4, -0.2) is 48.0 Å². The fourth-order valence-corrected chi connectivity index (χ4v) is 4.53. The number of fused-ring (bicyclic) bond motifs is 1. The fourth-order valence-electron chi connectivity index (χ4n) is 2.99. The quantitative estimate of drug-likeness (QED) is 0.836. The van der Waals surface area contributed by atoms with Gasteiger partial charge in [-0.1, -0.05) is 0 Å². The van der Waals surface area contributed by atoms with E-state index in [9.17, 15) is 8.42 Å². The van der Waals surface area contributed by atoms with Crippen molar-refractivity contribution in [2.75, 3.05) is 19.6 Å². The molecule has 2 atom stereocenters. The molecule has 0 saturated carbocycles. The van der Waals surface area contributed by atoms with Crippen molar-refractivity contribution >= 4 is 10.0 Å². The third kappa shape index (κ3) is 2.19. The Morgan fingerprint density at radius 1 is 1.42 bits per heavy atom. The molecule has 1 N–H and O–H groups in total. The first-order valence-electron chi connectivity index (χ1n) is 6.72. The predicted molar refractivity (Wildman–Crippen MR) is 71.2 cm³/mol. The summed E-state index contributed by atoms with van der Waals surface area (Å²) in [6, 6.07) is 0.313. The van der Waals surface area contributed by atoms with Gasteiger partial charge in [0.2, 0.25) is 0 Å². The molecule has 0 spiro atoms. The molecule has 19 heavy (non-hydrogen) atoms. The largest absolute Gasteiger partial charge is 0.337 e. The van der Waals surface area contributed by atoms with Crippen LogP contribution in [0.2, 0.25) is 0 Å². The average molecular weight is 284 g/mol. The number of rotatable bonds is 2. The minimum Gasteiger partial charge on any atom is -0.337 e. The first-order valence-corrected chi connectivity index (χ1v) is 8.16. The lowest BCUT2D eigenvalue weighted by atomic mass is 9.94. The summed E-state index contributed by atoms with van der Waals surface area (Å²) >= 11 is 0. The molecule has 106 valence electrons. The van der Waals surface area contributed by atoms with Gasteiger partial charge in [0.05, 0.1) is 0 Å². The highest BCUT2D eigenvalue weighted by molar-refractivity contribution is 7.89. The van der Waals surface area contributed by atoms with Gasteiger partial charge in [0.15, 0.2) is 5.03 Å². The zero-order chi connectivity index (χ0) is 13.6. The number of hydrogen-bond donors (Lipinski definition) is 1. The molecular formula is C12H20N4O2S. The molecule has 6 nitrogen and oxygen atoms in total. The molecule has 0 radical (unpaired) electrons. The third-order valence-electron chi connectivity index (χ3n) is 4.26. The van der Waals surface area contributed by atoms with Gasteiger partial charge in [-0.2, -0.15) is 4.31 Å². The maximum Gasteiger partial charge on any atom is 0.262 e. The minimum absolute atomic E-state index is 0.172. The Hall–Kier alpha value is -0.920. The van der Waals surface area contributed by atoms with Crippen molar-refractivity contribution in [1.29, 1.82) is 0 Å². The Morgan fingerprint density at radius 2 is 2.21 bits per heavy atom. The highest BCUT2D eigenvalue weighted by Crippen LogP contribution is 2.28. The van der Waals surface area contributed by atoms with E-state index in [1.54, 1.807) is 15.1 Å². The first kappa shape index (κ1) is 13.1. The second kappa shape index (κ2) is 4.57. The Morgan fingerprint density at radius 3 is 2.84 bits per heavy atom. The molecule has 2 aliphatic rings. The minimum atomic E-state index is -3.44. The van der Waals surface area contributed by atoms with Crippen LogP contribution in [0, 0.1) is 12.8 Å². The third-order valence-corrected chi connectivity index (χ3v) is 5.96. The topological polar surface area (TPSA) is 67.2 Å². The number of aryl methyl sites for hydroxylation is 2. The molecule has 0 aliphatic carbocycles. The van der Waals surface area contributed by atoms with Gasteiger partial charge in [0, 0.05) is 32.4 Å². The summed E-state index contributed by atoms with van der Waals surface area (Å²) in [5.74, 6) is 1.17. The van der Waals surface area contributed by atoms with E-state index in [0.29, 0.717) is 30.9 Å². The Bertz CT molecular complexity index is 547. The number of hydrogen-bond acceptors (Lipinski definition) is 4. The van der Waals surface area contributed by atoms with Crippen LogP contribution in [-0.2, 0) is 17.1 Å². The smallest absolute Gasteiger partial charge is 0.262 e. The van der Waals surface area contributed by atoms with E-state index in [-0.39, 0.29) is 5.03 Å². The van der Waals surface area contributed by atoms with Crippen LogP contribution in [0.1, 0.15) is 18.7 Å². The van der Waals surface area contributed by atoms with Gasteiger partial charge < -0.3 is 9.88 Å². The van der Waals surface area contributed by atoms with E-state index in [0.717, 1.165) is 19.4 Å². The number of imidazole rings is 1. The summed E-state index contributed by atoms with van der Waals surface area (Å²) in [4.78, 5) is 4.16. The lowest BCUT2D eigenvalue weighted by Gasteiger charge is -2.24. The van der Waals surface area contributed by atoms with E-state index < -0.39 is 10.0 Å². The molecule has 2 saturated heterocycles. The van der Waals surface area contributed by atoms with Crippen LogP contribution in [0.15, 0.2) is 11.2 Å². The Kier molecular flexibility index (Phi) is 3.15. The van der Waals surface area contributed by atoms with E-state index in [1.807, 2.05) is 14.0 Å². The summed E-state index contributed by atoms with van der Waals surface area (Å²) in [6.45, 7) is 4.00. The zero-order valence-corrected chi connectivity index (χ0v) is 12.2. The maximum atomic E-state index is 12.6. The van der Waals surface area contributed by atoms with Gasteiger partial charge in [0.1, 0.15) is 5.82 Å². The van der Waals surface area contributed by atoms with Gasteiger partial charge in [-0.05, 0) is 32.2 Å². The molecule has 1 aromatic rings. The molecule has 7 heteroatoms. The van der Waals surface area contributed by atoms with Crippen LogP contribution >= 0.6 is 0 Å². The summed E-state index contributed by atoms with van der Waals surface area (Å²) in [5.41, 5.74) is 0. The number of nitrogens with one attached hydrogen (secondary N) is 1. The van der Waals surface area contributed by atoms with E-state index in [4.69, 9.17) is 0 Å². The summed E-state index contributed by atoms with van der Waals surface area (Å²) < 4.78 is 28.5. The van der Waals surface area contributed by atoms with Gasteiger partial charge in [0.25, 0.3) is 10.0 Å². The van der Waals surface area contributed by atoms with Crippen LogP contribution in [0.3, 0.4) is 0 Å². The first-order chi connectivity index (χ1) is 8.98. The van der Waals surface area contributed by atoms with Crippen molar-refractivity contribution in [3.05, 3.63) is 12.0 Å². The standard InChI is InChI=1S/C12H20N4O2S/c1-9-14-12(8-15(9)2)19(17,18)16-6-10-4-3-5-13-11(10)7-16/h8,10-11,13H,3-7H2,1-2H3/t10-,11+/m0/s1. The predicted octanol–water partition coefficient (Wildman–Crippen LogP) is 0.101. The van der Waals surface area contributed by atoms with Crippen molar-refractivity contribution in [2.24, 2.45) is 13.0 Å². The van der Waals surface area contributed by atoms with Crippen LogP contribution in [0.5, 0.6) is 0 Å². The molecule has 2 fully saturated rings. The van der Waals surface area contributed by atoms with E-state index in [1.165, 1.54) is 0 Å². The van der Waals surface area contributed by atoms with Crippen LogP contribution in [0.4, 0.5) is 0 Å². The molecule has 0 aromatic carbocycles. The maximum absolute atomic E-state index is 12.6.